The number of benzene rings is 2. The fourth-order valence-electron chi connectivity index (χ4n) is 2.50. The van der Waals surface area contributed by atoms with E-state index < -0.39 is 0 Å². The lowest BCUT2D eigenvalue weighted by molar-refractivity contribution is -0.134. The van der Waals surface area contributed by atoms with Gasteiger partial charge in [0.2, 0.25) is 0 Å². The first-order chi connectivity index (χ1) is 11.7. The van der Waals surface area contributed by atoms with Crippen LogP contribution in [0.25, 0.3) is 11.1 Å². The van der Waals surface area contributed by atoms with Crippen LogP contribution in [-0.4, -0.2) is 5.97 Å². The van der Waals surface area contributed by atoms with E-state index in [1.54, 1.807) is 0 Å². The quantitative estimate of drug-likeness (QED) is 0.377. The van der Waals surface area contributed by atoms with E-state index in [2.05, 4.69) is 13.0 Å². The lowest BCUT2D eigenvalue weighted by Crippen LogP contribution is -2.07. The van der Waals surface area contributed by atoms with Crippen molar-refractivity contribution in [2.24, 2.45) is 0 Å². The molecule has 0 unspecified atom stereocenters. The van der Waals surface area contributed by atoms with E-state index in [1.165, 1.54) is 0 Å². The molecule has 2 aromatic rings. The van der Waals surface area contributed by atoms with Crippen LogP contribution in [0, 0.1) is 11.3 Å². The minimum Gasteiger partial charge on any atom is -0.427 e. The molecule has 0 heterocycles. The minimum absolute atomic E-state index is 0.167. The molecule has 3 nitrogen and oxygen atoms in total. The Morgan fingerprint density at radius 1 is 0.958 bits per heavy atom. The minimum atomic E-state index is -0.167. The number of carbonyl (C=O) groups is 1. The van der Waals surface area contributed by atoms with Crippen LogP contribution in [0.5, 0.6) is 5.75 Å². The van der Waals surface area contributed by atoms with E-state index in [9.17, 15) is 4.79 Å². The second kappa shape index (κ2) is 9.52. The molecule has 24 heavy (non-hydrogen) atoms. The molecule has 0 bridgehead atoms. The second-order valence-corrected chi connectivity index (χ2v) is 5.84. The van der Waals surface area contributed by atoms with Gasteiger partial charge in [-0.3, -0.25) is 4.79 Å². The van der Waals surface area contributed by atoms with Crippen LogP contribution in [-0.2, 0) is 11.2 Å². The summed E-state index contributed by atoms with van der Waals surface area (Å²) in [5.74, 6) is 0.417. The molecule has 0 fully saturated rings. The molecule has 0 N–H and O–H groups in total. The SMILES string of the molecule is CCCCCCC(=O)Oc1ccc(-c2ccc(CC#N)cc2)cc1. The van der Waals surface area contributed by atoms with Crippen LogP contribution >= 0.6 is 0 Å². The fraction of sp³-hybridized carbons (Fsp3) is 0.333. The maximum absolute atomic E-state index is 11.8. The Bertz CT molecular complexity index is 681. The van der Waals surface area contributed by atoms with Gasteiger partial charge in [-0.05, 0) is 35.2 Å². The monoisotopic (exact) mass is 321 g/mol. The van der Waals surface area contributed by atoms with Crippen molar-refractivity contribution in [2.45, 2.75) is 45.4 Å². The summed E-state index contributed by atoms with van der Waals surface area (Å²) in [4.78, 5) is 11.8. The summed E-state index contributed by atoms with van der Waals surface area (Å²) < 4.78 is 5.36. The maximum atomic E-state index is 11.8. The van der Waals surface area contributed by atoms with Gasteiger partial charge < -0.3 is 4.74 Å². The molecule has 0 saturated heterocycles. The molecule has 3 heteroatoms. The number of esters is 1. The summed E-state index contributed by atoms with van der Waals surface area (Å²) in [7, 11) is 0. The predicted octanol–water partition coefficient (Wildman–Crippen LogP) is 5.30. The molecule has 0 aliphatic carbocycles. The Labute approximate surface area is 143 Å². The van der Waals surface area contributed by atoms with Gasteiger partial charge in [-0.25, -0.2) is 0 Å². The first-order valence-corrected chi connectivity index (χ1v) is 8.50. The van der Waals surface area contributed by atoms with Crippen molar-refractivity contribution in [1.29, 1.82) is 5.26 Å². The summed E-state index contributed by atoms with van der Waals surface area (Å²) >= 11 is 0. The highest BCUT2D eigenvalue weighted by molar-refractivity contribution is 5.73. The number of hydrogen-bond acceptors (Lipinski definition) is 3. The molecule has 0 radical (unpaired) electrons. The largest absolute Gasteiger partial charge is 0.427 e. The molecule has 0 aliphatic heterocycles. The van der Waals surface area contributed by atoms with Crippen LogP contribution in [0.2, 0.25) is 0 Å². The number of carbonyl (C=O) groups excluding carboxylic acids is 1. The van der Waals surface area contributed by atoms with Gasteiger partial charge in [0, 0.05) is 6.42 Å². The number of hydrogen-bond donors (Lipinski definition) is 0. The average molecular weight is 321 g/mol. The van der Waals surface area contributed by atoms with Gasteiger partial charge in [0.1, 0.15) is 5.75 Å². The molecular formula is C21H23NO2. The third-order valence-corrected chi connectivity index (χ3v) is 3.89. The molecule has 2 aromatic carbocycles. The highest BCUT2D eigenvalue weighted by atomic mass is 16.5. The van der Waals surface area contributed by atoms with Gasteiger partial charge >= 0.3 is 5.97 Å². The highest BCUT2D eigenvalue weighted by Gasteiger charge is 2.05. The van der Waals surface area contributed by atoms with Crippen LogP contribution in [0.1, 0.15) is 44.6 Å². The lowest BCUT2D eigenvalue weighted by atomic mass is 10.0. The van der Waals surface area contributed by atoms with E-state index in [0.717, 1.165) is 42.4 Å². The summed E-state index contributed by atoms with van der Waals surface area (Å²) in [6.07, 6.45) is 5.19. The van der Waals surface area contributed by atoms with Crippen molar-refractivity contribution >= 4 is 5.97 Å². The molecule has 0 saturated carbocycles. The Kier molecular flexibility index (Phi) is 7.04. The standard InChI is InChI=1S/C21H23NO2/c1-2-3-4-5-6-21(23)24-20-13-11-19(12-14-20)18-9-7-17(8-10-18)15-16-22/h7-14H,2-6,15H2,1H3. The van der Waals surface area contributed by atoms with Crippen molar-refractivity contribution in [1.82, 2.24) is 0 Å². The van der Waals surface area contributed by atoms with Gasteiger partial charge in [-0.2, -0.15) is 5.26 Å². The zero-order valence-electron chi connectivity index (χ0n) is 14.1. The first kappa shape index (κ1) is 17.7. The van der Waals surface area contributed by atoms with Crippen molar-refractivity contribution in [3.63, 3.8) is 0 Å². The predicted molar refractivity (Wildman–Crippen MR) is 95.6 cm³/mol. The summed E-state index contributed by atoms with van der Waals surface area (Å²) in [5, 5.41) is 8.70. The molecule has 124 valence electrons. The Morgan fingerprint density at radius 2 is 1.58 bits per heavy atom. The maximum Gasteiger partial charge on any atom is 0.311 e. The summed E-state index contributed by atoms with van der Waals surface area (Å²) in [5.41, 5.74) is 3.14. The van der Waals surface area contributed by atoms with Crippen LogP contribution in [0.3, 0.4) is 0 Å². The molecule has 0 amide bonds. The molecule has 0 aromatic heterocycles. The van der Waals surface area contributed by atoms with E-state index in [0.29, 0.717) is 18.6 Å². The van der Waals surface area contributed by atoms with Crippen molar-refractivity contribution in [3.8, 4) is 22.9 Å². The topological polar surface area (TPSA) is 50.1 Å². The second-order valence-electron chi connectivity index (χ2n) is 5.84. The number of unbranched alkanes of at least 4 members (excludes halogenated alkanes) is 3. The Hall–Kier alpha value is -2.60. The van der Waals surface area contributed by atoms with Crippen molar-refractivity contribution < 1.29 is 9.53 Å². The normalized spacial score (nSPS) is 10.2. The van der Waals surface area contributed by atoms with Crippen molar-refractivity contribution in [2.75, 3.05) is 0 Å². The van der Waals surface area contributed by atoms with Gasteiger partial charge in [0.15, 0.2) is 0 Å². The van der Waals surface area contributed by atoms with E-state index in [1.807, 2.05) is 48.5 Å². The van der Waals surface area contributed by atoms with Gasteiger partial charge in [0.25, 0.3) is 0 Å². The summed E-state index contributed by atoms with van der Waals surface area (Å²) in [6.45, 7) is 2.15. The van der Waals surface area contributed by atoms with E-state index >= 15 is 0 Å². The number of ether oxygens (including phenoxy) is 1. The molecular weight excluding hydrogens is 298 g/mol. The van der Waals surface area contributed by atoms with Crippen molar-refractivity contribution in [3.05, 3.63) is 54.1 Å². The van der Waals surface area contributed by atoms with Gasteiger partial charge in [0.05, 0.1) is 12.5 Å². The van der Waals surface area contributed by atoms with E-state index in [4.69, 9.17) is 10.00 Å². The summed E-state index contributed by atoms with van der Waals surface area (Å²) in [6, 6.07) is 17.6. The third kappa shape index (κ3) is 5.55. The van der Waals surface area contributed by atoms with Gasteiger partial charge in [-0.1, -0.05) is 62.6 Å². The molecule has 0 atom stereocenters. The number of rotatable bonds is 8. The third-order valence-electron chi connectivity index (χ3n) is 3.89. The Balaban J connectivity index is 1.90. The Morgan fingerprint density at radius 3 is 2.17 bits per heavy atom. The molecule has 2 rings (SSSR count). The highest BCUT2D eigenvalue weighted by Crippen LogP contribution is 2.23. The van der Waals surface area contributed by atoms with Gasteiger partial charge in [-0.15, -0.1) is 0 Å². The molecule has 0 spiro atoms. The smallest absolute Gasteiger partial charge is 0.311 e. The zero-order valence-corrected chi connectivity index (χ0v) is 14.1. The fourth-order valence-corrected chi connectivity index (χ4v) is 2.50. The van der Waals surface area contributed by atoms with Crippen LogP contribution < -0.4 is 4.74 Å². The van der Waals surface area contributed by atoms with Crippen LogP contribution in [0.4, 0.5) is 0 Å². The zero-order chi connectivity index (χ0) is 17.2. The lowest BCUT2D eigenvalue weighted by Gasteiger charge is -2.06. The number of nitrogens with zero attached hydrogens (tertiary/aromatic N) is 1. The van der Waals surface area contributed by atoms with E-state index in [-0.39, 0.29) is 5.97 Å². The average Bonchev–Trinajstić information content (AvgIpc) is 2.60. The van der Waals surface area contributed by atoms with Crippen LogP contribution in [0.15, 0.2) is 48.5 Å². The molecule has 0 aliphatic rings. The first-order valence-electron chi connectivity index (χ1n) is 8.50. The number of nitriles is 1.